The molecule has 2 unspecified atom stereocenters. The van der Waals surface area contributed by atoms with Gasteiger partial charge in [0.25, 0.3) is 0 Å². The van der Waals surface area contributed by atoms with E-state index in [2.05, 4.69) is 48.3 Å². The molecule has 1 aliphatic rings. The Balaban J connectivity index is 2.28. The van der Waals surface area contributed by atoms with Gasteiger partial charge in [-0.1, -0.05) is 13.3 Å². The molecule has 2 rings (SSSR count). The van der Waals surface area contributed by atoms with Gasteiger partial charge in [0.15, 0.2) is 0 Å². The maximum atomic E-state index is 5.70. The van der Waals surface area contributed by atoms with Crippen LogP contribution in [0, 0.1) is 0 Å². The minimum absolute atomic E-state index is 0.0552. The third-order valence-corrected chi connectivity index (χ3v) is 4.08. The van der Waals surface area contributed by atoms with E-state index in [1.54, 1.807) is 6.33 Å². The third kappa shape index (κ3) is 3.03. The van der Waals surface area contributed by atoms with Crippen molar-refractivity contribution in [1.82, 2.24) is 9.97 Å². The molecule has 112 valence electrons. The van der Waals surface area contributed by atoms with Gasteiger partial charge in [0, 0.05) is 18.7 Å². The fourth-order valence-corrected chi connectivity index (χ4v) is 2.60. The third-order valence-electron chi connectivity index (χ3n) is 4.08. The van der Waals surface area contributed by atoms with Gasteiger partial charge in [0.05, 0.1) is 11.6 Å². The SMILES string of the molecule is CCCc1c(NCC)ncnc1NC1(C)CCOC1C. The molecular weight excluding hydrogens is 252 g/mol. The first-order chi connectivity index (χ1) is 9.60. The summed E-state index contributed by atoms with van der Waals surface area (Å²) in [6.45, 7) is 10.2. The lowest BCUT2D eigenvalue weighted by Gasteiger charge is -2.30. The quantitative estimate of drug-likeness (QED) is 0.838. The molecule has 2 heterocycles. The van der Waals surface area contributed by atoms with Gasteiger partial charge < -0.3 is 15.4 Å². The van der Waals surface area contributed by atoms with E-state index in [4.69, 9.17) is 4.74 Å². The van der Waals surface area contributed by atoms with Crippen molar-refractivity contribution in [1.29, 1.82) is 0 Å². The molecule has 0 aliphatic carbocycles. The Kier molecular flexibility index (Phi) is 4.81. The average molecular weight is 278 g/mol. The van der Waals surface area contributed by atoms with Crippen molar-refractivity contribution in [3.8, 4) is 0 Å². The molecule has 0 aromatic carbocycles. The Morgan fingerprint density at radius 2 is 2.10 bits per heavy atom. The van der Waals surface area contributed by atoms with Gasteiger partial charge in [0.2, 0.25) is 0 Å². The topological polar surface area (TPSA) is 59.1 Å². The van der Waals surface area contributed by atoms with E-state index in [9.17, 15) is 0 Å². The highest BCUT2D eigenvalue weighted by Gasteiger charge is 2.37. The van der Waals surface area contributed by atoms with E-state index in [-0.39, 0.29) is 11.6 Å². The molecule has 2 N–H and O–H groups in total. The van der Waals surface area contributed by atoms with Gasteiger partial charge in [0.1, 0.15) is 18.0 Å². The van der Waals surface area contributed by atoms with Crippen molar-refractivity contribution in [3.63, 3.8) is 0 Å². The Morgan fingerprint density at radius 3 is 2.70 bits per heavy atom. The zero-order valence-corrected chi connectivity index (χ0v) is 13.0. The van der Waals surface area contributed by atoms with Crippen LogP contribution in [-0.4, -0.2) is 34.8 Å². The van der Waals surface area contributed by atoms with Crippen LogP contribution in [0.4, 0.5) is 11.6 Å². The predicted molar refractivity (Wildman–Crippen MR) is 82.2 cm³/mol. The summed E-state index contributed by atoms with van der Waals surface area (Å²) in [6, 6.07) is 0. The highest BCUT2D eigenvalue weighted by atomic mass is 16.5. The number of hydrogen-bond donors (Lipinski definition) is 2. The zero-order valence-electron chi connectivity index (χ0n) is 13.0. The molecule has 1 aromatic heterocycles. The Hall–Kier alpha value is -1.36. The zero-order chi connectivity index (χ0) is 14.6. The molecule has 0 bridgehead atoms. The predicted octanol–water partition coefficient (Wildman–Crippen LogP) is 2.84. The van der Waals surface area contributed by atoms with Crippen LogP contribution in [0.15, 0.2) is 6.33 Å². The second kappa shape index (κ2) is 6.39. The second-order valence-corrected chi connectivity index (χ2v) is 5.64. The standard InChI is InChI=1S/C15H26N4O/c1-5-7-12-13(16-6-2)17-10-18-14(12)19-15(4)8-9-20-11(15)3/h10-11H,5-9H2,1-4H3,(H2,16,17,18,19). The second-order valence-electron chi connectivity index (χ2n) is 5.64. The van der Waals surface area contributed by atoms with Gasteiger partial charge in [-0.25, -0.2) is 9.97 Å². The Labute approximate surface area is 121 Å². The fourth-order valence-electron chi connectivity index (χ4n) is 2.60. The number of nitrogens with zero attached hydrogens (tertiary/aromatic N) is 2. The minimum Gasteiger partial charge on any atom is -0.376 e. The number of nitrogens with one attached hydrogen (secondary N) is 2. The number of ether oxygens (including phenoxy) is 1. The van der Waals surface area contributed by atoms with E-state index < -0.39 is 0 Å². The maximum Gasteiger partial charge on any atom is 0.135 e. The van der Waals surface area contributed by atoms with Crippen molar-refractivity contribution in [2.75, 3.05) is 23.8 Å². The van der Waals surface area contributed by atoms with Gasteiger partial charge >= 0.3 is 0 Å². The van der Waals surface area contributed by atoms with Crippen molar-refractivity contribution < 1.29 is 4.74 Å². The number of hydrogen-bond acceptors (Lipinski definition) is 5. The minimum atomic E-state index is -0.0552. The van der Waals surface area contributed by atoms with E-state index in [0.717, 1.165) is 44.0 Å². The van der Waals surface area contributed by atoms with E-state index in [0.29, 0.717) is 0 Å². The summed E-state index contributed by atoms with van der Waals surface area (Å²) in [5, 5.41) is 6.93. The van der Waals surface area contributed by atoms with Gasteiger partial charge in [-0.3, -0.25) is 0 Å². The highest BCUT2D eigenvalue weighted by molar-refractivity contribution is 5.58. The first kappa shape index (κ1) is 15.0. The molecule has 20 heavy (non-hydrogen) atoms. The largest absolute Gasteiger partial charge is 0.376 e. The van der Waals surface area contributed by atoms with Crippen molar-refractivity contribution in [2.45, 2.75) is 58.6 Å². The van der Waals surface area contributed by atoms with Crippen LogP contribution in [0.5, 0.6) is 0 Å². The molecule has 5 heteroatoms. The van der Waals surface area contributed by atoms with Crippen LogP contribution >= 0.6 is 0 Å². The first-order valence-corrected chi connectivity index (χ1v) is 7.58. The normalized spacial score (nSPS) is 25.7. The lowest BCUT2D eigenvalue weighted by Crippen LogP contribution is -2.41. The molecule has 0 saturated carbocycles. The van der Waals surface area contributed by atoms with Crippen LogP contribution in [0.1, 0.15) is 46.1 Å². The summed E-state index contributed by atoms with van der Waals surface area (Å²) in [4.78, 5) is 8.84. The summed E-state index contributed by atoms with van der Waals surface area (Å²) < 4.78 is 5.70. The monoisotopic (exact) mass is 278 g/mol. The lowest BCUT2D eigenvalue weighted by atomic mass is 9.94. The Bertz CT molecular complexity index is 451. The van der Waals surface area contributed by atoms with Crippen LogP contribution in [0.3, 0.4) is 0 Å². The van der Waals surface area contributed by atoms with Gasteiger partial charge in [-0.15, -0.1) is 0 Å². The number of rotatable bonds is 6. The van der Waals surface area contributed by atoms with Crippen LogP contribution in [0.2, 0.25) is 0 Å². The lowest BCUT2D eigenvalue weighted by molar-refractivity contribution is 0.105. The summed E-state index contributed by atoms with van der Waals surface area (Å²) in [6.07, 6.45) is 4.86. The van der Waals surface area contributed by atoms with E-state index >= 15 is 0 Å². The maximum absolute atomic E-state index is 5.70. The molecule has 0 radical (unpaired) electrons. The molecule has 5 nitrogen and oxygen atoms in total. The summed E-state index contributed by atoms with van der Waals surface area (Å²) >= 11 is 0. The highest BCUT2D eigenvalue weighted by Crippen LogP contribution is 2.31. The molecule has 0 amide bonds. The van der Waals surface area contributed by atoms with Crippen molar-refractivity contribution in [2.24, 2.45) is 0 Å². The fraction of sp³-hybridized carbons (Fsp3) is 0.733. The van der Waals surface area contributed by atoms with Crippen molar-refractivity contribution in [3.05, 3.63) is 11.9 Å². The molecular formula is C15H26N4O. The van der Waals surface area contributed by atoms with E-state index in [1.165, 1.54) is 5.56 Å². The summed E-state index contributed by atoms with van der Waals surface area (Å²) in [5.41, 5.74) is 1.12. The smallest absolute Gasteiger partial charge is 0.135 e. The molecule has 0 spiro atoms. The molecule has 1 aliphatic heterocycles. The van der Waals surface area contributed by atoms with Crippen LogP contribution in [0.25, 0.3) is 0 Å². The van der Waals surface area contributed by atoms with Crippen molar-refractivity contribution >= 4 is 11.6 Å². The molecule has 1 fully saturated rings. The molecule has 1 saturated heterocycles. The molecule has 1 aromatic rings. The van der Waals surface area contributed by atoms with E-state index in [1.807, 2.05) is 0 Å². The Morgan fingerprint density at radius 1 is 1.35 bits per heavy atom. The molecule has 2 atom stereocenters. The first-order valence-electron chi connectivity index (χ1n) is 7.58. The van der Waals surface area contributed by atoms with Gasteiger partial charge in [-0.2, -0.15) is 0 Å². The van der Waals surface area contributed by atoms with Crippen LogP contribution < -0.4 is 10.6 Å². The van der Waals surface area contributed by atoms with Crippen LogP contribution in [-0.2, 0) is 11.2 Å². The summed E-state index contributed by atoms with van der Waals surface area (Å²) in [5.74, 6) is 1.89. The average Bonchev–Trinajstić information content (AvgIpc) is 2.74. The summed E-state index contributed by atoms with van der Waals surface area (Å²) in [7, 11) is 0. The number of aromatic nitrogens is 2. The number of anilines is 2. The van der Waals surface area contributed by atoms with Gasteiger partial charge in [-0.05, 0) is 33.6 Å².